The van der Waals surface area contributed by atoms with Crippen LogP contribution in [0.2, 0.25) is 0 Å². The molecule has 1 aliphatic heterocycles. The number of aliphatic carboxylic acids is 1. The number of ether oxygens (including phenoxy) is 1. The van der Waals surface area contributed by atoms with Crippen LogP contribution in [-0.4, -0.2) is 42.7 Å². The second kappa shape index (κ2) is 5.43. The Morgan fingerprint density at radius 1 is 1.50 bits per heavy atom. The number of piperidine rings is 1. The number of methoxy groups -OCH3 is 1. The average molecular weight is 301 g/mol. The SMILES string of the molecule is COc1ccc2c(c1)C1(C)CCN(C)C(C2)C1C=CC(=O)O. The Labute approximate surface area is 131 Å². The van der Waals surface area contributed by atoms with Gasteiger partial charge in [0, 0.05) is 23.5 Å². The van der Waals surface area contributed by atoms with E-state index in [-0.39, 0.29) is 11.3 Å². The van der Waals surface area contributed by atoms with Gasteiger partial charge in [-0.25, -0.2) is 4.79 Å². The fourth-order valence-corrected chi connectivity index (χ4v) is 4.18. The van der Waals surface area contributed by atoms with Gasteiger partial charge < -0.3 is 14.7 Å². The molecule has 4 heteroatoms. The van der Waals surface area contributed by atoms with Crippen molar-refractivity contribution in [3.05, 3.63) is 41.5 Å². The van der Waals surface area contributed by atoms with Crippen molar-refractivity contribution in [2.24, 2.45) is 5.92 Å². The maximum absolute atomic E-state index is 11.0. The van der Waals surface area contributed by atoms with Crippen LogP contribution >= 0.6 is 0 Å². The fourth-order valence-electron chi connectivity index (χ4n) is 4.18. The highest BCUT2D eigenvalue weighted by Crippen LogP contribution is 2.49. The Balaban J connectivity index is 2.10. The van der Waals surface area contributed by atoms with Crippen LogP contribution in [0.25, 0.3) is 0 Å². The highest BCUT2D eigenvalue weighted by Gasteiger charge is 2.48. The van der Waals surface area contributed by atoms with Crippen LogP contribution in [0.4, 0.5) is 0 Å². The molecule has 4 nitrogen and oxygen atoms in total. The molecule has 118 valence electrons. The van der Waals surface area contributed by atoms with Gasteiger partial charge in [-0.1, -0.05) is 19.1 Å². The molecule has 0 spiro atoms. The lowest BCUT2D eigenvalue weighted by Gasteiger charge is -2.54. The molecular formula is C18H23NO3. The number of carboxylic acids is 1. The third kappa shape index (κ3) is 2.31. The number of benzene rings is 1. The number of fused-ring (bicyclic) bond motifs is 4. The van der Waals surface area contributed by atoms with E-state index < -0.39 is 5.97 Å². The van der Waals surface area contributed by atoms with Crippen molar-refractivity contribution in [3.63, 3.8) is 0 Å². The molecule has 2 aliphatic rings. The average Bonchev–Trinajstić information content (AvgIpc) is 2.50. The molecule has 1 saturated heterocycles. The number of likely N-dealkylation sites (tertiary alicyclic amines) is 1. The lowest BCUT2D eigenvalue weighted by molar-refractivity contribution is -0.131. The van der Waals surface area contributed by atoms with Crippen LogP contribution in [0.15, 0.2) is 30.4 Å². The Bertz CT molecular complexity index is 625. The summed E-state index contributed by atoms with van der Waals surface area (Å²) in [6, 6.07) is 6.68. The summed E-state index contributed by atoms with van der Waals surface area (Å²) in [4.78, 5) is 13.3. The summed E-state index contributed by atoms with van der Waals surface area (Å²) in [6.45, 7) is 3.30. The van der Waals surface area contributed by atoms with Gasteiger partial charge in [-0.2, -0.15) is 0 Å². The van der Waals surface area contributed by atoms with E-state index in [0.717, 1.165) is 25.1 Å². The van der Waals surface area contributed by atoms with Gasteiger partial charge in [0.05, 0.1) is 7.11 Å². The topological polar surface area (TPSA) is 49.8 Å². The minimum atomic E-state index is -0.874. The van der Waals surface area contributed by atoms with Crippen molar-refractivity contribution in [2.45, 2.75) is 31.2 Å². The number of carboxylic acid groups (broad SMARTS) is 1. The molecule has 0 amide bonds. The minimum absolute atomic E-state index is 0.0365. The van der Waals surface area contributed by atoms with E-state index in [1.807, 2.05) is 12.1 Å². The molecule has 0 radical (unpaired) electrons. The van der Waals surface area contributed by atoms with Gasteiger partial charge in [0.25, 0.3) is 0 Å². The molecule has 0 aromatic heterocycles. The highest BCUT2D eigenvalue weighted by atomic mass is 16.5. The summed E-state index contributed by atoms with van der Waals surface area (Å²) in [6.07, 6.45) is 5.18. The van der Waals surface area contributed by atoms with Crippen molar-refractivity contribution >= 4 is 5.97 Å². The molecular weight excluding hydrogens is 278 g/mol. The third-order valence-electron chi connectivity index (χ3n) is 5.51. The molecule has 1 N–H and O–H groups in total. The van der Waals surface area contributed by atoms with E-state index in [1.165, 1.54) is 17.2 Å². The quantitative estimate of drug-likeness (QED) is 0.871. The predicted molar refractivity (Wildman–Crippen MR) is 85.4 cm³/mol. The van der Waals surface area contributed by atoms with Crippen LogP contribution in [0.1, 0.15) is 24.5 Å². The Hall–Kier alpha value is -1.81. The first-order chi connectivity index (χ1) is 10.5. The van der Waals surface area contributed by atoms with Crippen LogP contribution in [-0.2, 0) is 16.6 Å². The number of hydrogen-bond acceptors (Lipinski definition) is 3. The summed E-state index contributed by atoms with van der Waals surface area (Å²) >= 11 is 0. The molecule has 22 heavy (non-hydrogen) atoms. The van der Waals surface area contributed by atoms with Crippen LogP contribution in [0, 0.1) is 5.92 Å². The first kappa shape index (κ1) is 15.1. The zero-order chi connectivity index (χ0) is 15.9. The maximum Gasteiger partial charge on any atom is 0.327 e. The van der Waals surface area contributed by atoms with Crippen molar-refractivity contribution in [2.75, 3.05) is 20.7 Å². The molecule has 1 aromatic rings. The van der Waals surface area contributed by atoms with E-state index >= 15 is 0 Å². The second-order valence-electron chi connectivity index (χ2n) is 6.67. The monoisotopic (exact) mass is 301 g/mol. The molecule has 1 aliphatic carbocycles. The third-order valence-corrected chi connectivity index (χ3v) is 5.51. The molecule has 1 fully saturated rings. The summed E-state index contributed by atoms with van der Waals surface area (Å²) in [5, 5.41) is 9.01. The summed E-state index contributed by atoms with van der Waals surface area (Å²) < 4.78 is 5.39. The number of nitrogens with zero attached hydrogens (tertiary/aromatic N) is 1. The Morgan fingerprint density at radius 2 is 2.27 bits per heavy atom. The first-order valence-electron chi connectivity index (χ1n) is 7.74. The largest absolute Gasteiger partial charge is 0.497 e. The smallest absolute Gasteiger partial charge is 0.327 e. The Morgan fingerprint density at radius 3 is 2.95 bits per heavy atom. The van der Waals surface area contributed by atoms with E-state index in [2.05, 4.69) is 31.0 Å². The van der Waals surface area contributed by atoms with Crippen molar-refractivity contribution in [3.8, 4) is 5.75 Å². The summed E-state index contributed by atoms with van der Waals surface area (Å²) in [5.41, 5.74) is 2.64. The molecule has 2 bridgehead atoms. The molecule has 3 atom stereocenters. The summed E-state index contributed by atoms with van der Waals surface area (Å²) in [7, 11) is 3.83. The van der Waals surface area contributed by atoms with Crippen molar-refractivity contribution in [1.82, 2.24) is 4.90 Å². The van der Waals surface area contributed by atoms with Crippen LogP contribution < -0.4 is 4.74 Å². The van der Waals surface area contributed by atoms with E-state index in [1.54, 1.807) is 7.11 Å². The van der Waals surface area contributed by atoms with Crippen molar-refractivity contribution < 1.29 is 14.6 Å². The number of likely N-dealkylation sites (N-methyl/N-ethyl adjacent to an activating group) is 1. The zero-order valence-electron chi connectivity index (χ0n) is 13.4. The lowest BCUT2D eigenvalue weighted by atomic mass is 9.58. The standard InChI is InChI=1S/C18H23NO3/c1-18-8-9-19(2)16(14(18)6-7-17(20)21)10-12-4-5-13(22-3)11-15(12)18/h4-7,11,14,16H,8-10H2,1-3H3,(H,20,21). The van der Waals surface area contributed by atoms with Gasteiger partial charge in [0.1, 0.15) is 5.75 Å². The highest BCUT2D eigenvalue weighted by molar-refractivity contribution is 5.79. The van der Waals surface area contributed by atoms with Gasteiger partial charge in [-0.05, 0) is 49.7 Å². The minimum Gasteiger partial charge on any atom is -0.497 e. The summed E-state index contributed by atoms with van der Waals surface area (Å²) in [5.74, 6) is 0.209. The normalized spacial score (nSPS) is 31.0. The van der Waals surface area contributed by atoms with Gasteiger partial charge in [-0.3, -0.25) is 0 Å². The number of hydrogen-bond donors (Lipinski definition) is 1. The zero-order valence-corrected chi connectivity index (χ0v) is 13.4. The van der Waals surface area contributed by atoms with Gasteiger partial charge >= 0.3 is 5.97 Å². The van der Waals surface area contributed by atoms with Crippen LogP contribution in [0.5, 0.6) is 5.75 Å². The predicted octanol–water partition coefficient (Wildman–Crippen LogP) is 2.47. The first-order valence-corrected chi connectivity index (χ1v) is 7.74. The van der Waals surface area contributed by atoms with E-state index in [9.17, 15) is 4.79 Å². The molecule has 0 saturated carbocycles. The second-order valence-corrected chi connectivity index (χ2v) is 6.67. The molecule has 1 aromatic carbocycles. The number of carbonyl (C=O) groups is 1. The van der Waals surface area contributed by atoms with Gasteiger partial charge in [0.15, 0.2) is 0 Å². The lowest BCUT2D eigenvalue weighted by Crippen LogP contribution is -2.57. The van der Waals surface area contributed by atoms with Crippen LogP contribution in [0.3, 0.4) is 0 Å². The Kier molecular flexibility index (Phi) is 3.73. The molecule has 1 heterocycles. The molecule has 3 rings (SSSR count). The van der Waals surface area contributed by atoms with Gasteiger partial charge in [-0.15, -0.1) is 0 Å². The van der Waals surface area contributed by atoms with Crippen molar-refractivity contribution in [1.29, 1.82) is 0 Å². The molecule has 3 unspecified atom stereocenters. The maximum atomic E-state index is 11.0. The van der Waals surface area contributed by atoms with Gasteiger partial charge in [0.2, 0.25) is 0 Å². The van der Waals surface area contributed by atoms with E-state index in [4.69, 9.17) is 9.84 Å². The van der Waals surface area contributed by atoms with E-state index in [0.29, 0.717) is 6.04 Å². The number of rotatable bonds is 3. The fraction of sp³-hybridized carbons (Fsp3) is 0.500.